The van der Waals surface area contributed by atoms with Crippen LogP contribution in [0.25, 0.3) is 11.0 Å². The van der Waals surface area contributed by atoms with Crippen LogP contribution in [0.1, 0.15) is 40.8 Å². The zero-order valence-corrected chi connectivity index (χ0v) is 23.1. The van der Waals surface area contributed by atoms with Gasteiger partial charge in [0.1, 0.15) is 17.2 Å². The smallest absolute Gasteiger partial charge is 0.304 e. The van der Waals surface area contributed by atoms with Crippen molar-refractivity contribution in [3.63, 3.8) is 0 Å². The number of halogens is 1. The molecule has 0 spiro atoms. The number of carboxylic acids is 1. The van der Waals surface area contributed by atoms with Gasteiger partial charge in [-0.15, -0.1) is 20.7 Å². The van der Waals surface area contributed by atoms with Crippen molar-refractivity contribution in [3.8, 4) is 5.75 Å². The number of aromatic nitrogens is 4. The van der Waals surface area contributed by atoms with E-state index < -0.39 is 28.0 Å². The zero-order valence-electron chi connectivity index (χ0n) is 20.7. The number of rotatable bonds is 3. The largest absolute Gasteiger partial charge is 0.483 e. The van der Waals surface area contributed by atoms with Gasteiger partial charge in [-0.3, -0.25) is 9.78 Å². The van der Waals surface area contributed by atoms with Gasteiger partial charge in [0, 0.05) is 29.1 Å². The van der Waals surface area contributed by atoms with Crippen LogP contribution in [0.15, 0.2) is 41.6 Å². The maximum atomic E-state index is 13.8. The molecule has 0 amide bonds. The Kier molecular flexibility index (Phi) is 6.17. The predicted molar refractivity (Wildman–Crippen MR) is 140 cm³/mol. The number of aryl methyl sites for hydroxylation is 2. The Labute approximate surface area is 228 Å². The third-order valence-corrected chi connectivity index (χ3v) is 10.5. The molecule has 6 bridgehead atoms. The van der Waals surface area contributed by atoms with Crippen molar-refractivity contribution in [2.75, 3.05) is 6.54 Å². The van der Waals surface area contributed by atoms with Gasteiger partial charge in [-0.05, 0) is 43.2 Å². The minimum absolute atomic E-state index is 0.00247. The van der Waals surface area contributed by atoms with Gasteiger partial charge in [0.25, 0.3) is 0 Å². The van der Waals surface area contributed by atoms with Crippen molar-refractivity contribution in [1.82, 2.24) is 19.2 Å². The van der Waals surface area contributed by atoms with Crippen molar-refractivity contribution in [2.45, 2.75) is 56.8 Å². The van der Waals surface area contributed by atoms with Crippen LogP contribution in [0.3, 0.4) is 0 Å². The van der Waals surface area contributed by atoms with E-state index in [2.05, 4.69) is 4.98 Å². The summed E-state index contributed by atoms with van der Waals surface area (Å²) in [4.78, 5) is 16.8. The van der Waals surface area contributed by atoms with Crippen LogP contribution in [0.5, 0.6) is 5.75 Å². The second-order valence-corrected chi connectivity index (χ2v) is 13.1. The Morgan fingerprint density at radius 2 is 2.16 bits per heavy atom. The molecule has 38 heavy (non-hydrogen) atoms. The average molecular weight is 575 g/mol. The Morgan fingerprint density at radius 1 is 1.34 bits per heavy atom. The van der Waals surface area contributed by atoms with E-state index in [4.69, 9.17) is 21.6 Å². The van der Waals surface area contributed by atoms with Crippen LogP contribution < -0.4 is 9.42 Å². The van der Waals surface area contributed by atoms with Crippen LogP contribution in [0.2, 0.25) is 4.34 Å². The van der Waals surface area contributed by atoms with E-state index in [9.17, 15) is 18.3 Å². The maximum Gasteiger partial charge on any atom is 0.304 e. The highest BCUT2D eigenvalue weighted by Crippen LogP contribution is 2.41. The molecule has 13 heteroatoms. The number of nitrogens with zero attached hydrogens (tertiary/aromatic N) is 5. The van der Waals surface area contributed by atoms with Gasteiger partial charge in [-0.25, -0.2) is 8.42 Å². The molecule has 2 aliphatic heterocycles. The molecule has 0 saturated carbocycles. The Bertz CT molecular complexity index is 1700. The number of hydrogen-bond acceptors (Lipinski definition) is 7. The highest BCUT2D eigenvalue weighted by atomic mass is 35.5. The van der Waals surface area contributed by atoms with Crippen LogP contribution in [-0.4, -0.2) is 51.3 Å². The average Bonchev–Trinajstić information content (AvgIpc) is 3.39. The first-order valence-electron chi connectivity index (χ1n) is 12.2. The van der Waals surface area contributed by atoms with E-state index in [0.717, 1.165) is 27.0 Å². The molecule has 6 rings (SSSR count). The van der Waals surface area contributed by atoms with Gasteiger partial charge in [0.2, 0.25) is 15.5 Å². The fourth-order valence-corrected chi connectivity index (χ4v) is 8.32. The summed E-state index contributed by atoms with van der Waals surface area (Å²) in [7, 11) is -3.96. The third kappa shape index (κ3) is 4.06. The summed E-state index contributed by atoms with van der Waals surface area (Å²) < 4.78 is 39.3. The van der Waals surface area contributed by atoms with Gasteiger partial charge in [0.05, 0.1) is 28.7 Å². The van der Waals surface area contributed by atoms with E-state index >= 15 is 0 Å². The number of hydrogen-bond donors (Lipinski definition) is 1. The van der Waals surface area contributed by atoms with Crippen molar-refractivity contribution in [3.05, 3.63) is 62.6 Å². The molecule has 198 valence electrons. The quantitative estimate of drug-likeness (QED) is 0.373. The molecule has 3 aromatic heterocycles. The van der Waals surface area contributed by atoms with Gasteiger partial charge in [-0.2, -0.15) is 4.31 Å². The topological polar surface area (TPSA) is 118 Å². The fraction of sp³-hybridized carbons (Fsp3) is 0.360. The molecule has 3 atom stereocenters. The lowest BCUT2D eigenvalue weighted by Gasteiger charge is -2.21. The van der Waals surface area contributed by atoms with Gasteiger partial charge in [0.15, 0.2) is 18.2 Å². The lowest BCUT2D eigenvalue weighted by atomic mass is 9.89. The molecule has 1 N–H and O–H groups in total. The third-order valence-electron chi connectivity index (χ3n) is 7.17. The Hall–Kier alpha value is -3.06. The monoisotopic (exact) mass is 574 g/mol. The highest BCUT2D eigenvalue weighted by molar-refractivity contribution is 7.89. The van der Waals surface area contributed by atoms with Crippen LogP contribution in [0.4, 0.5) is 0 Å². The standard InChI is InChI=1S/C25H24ClN5O5S2/c1-3-30-19-5-4-17-14(2)24(19)31(28-30)13-16-12-29(38(34,35)22-10-27-7-6-20(22)36-16)11-15-8-21(37-25(15)26)18(17)9-23(32)33/h4-8,10,16,18H,3,9,11-13H2,1-2H3/p+1/t16-,18-/m0/s1. The Morgan fingerprint density at radius 3 is 2.92 bits per heavy atom. The van der Waals surface area contributed by atoms with E-state index in [1.807, 2.05) is 41.4 Å². The van der Waals surface area contributed by atoms with E-state index in [-0.39, 0.29) is 36.7 Å². The molecule has 1 aromatic carbocycles. The van der Waals surface area contributed by atoms with Gasteiger partial charge >= 0.3 is 5.97 Å². The molecular formula is C25H25ClN5O5S2+. The van der Waals surface area contributed by atoms with Crippen molar-refractivity contribution in [1.29, 1.82) is 0 Å². The molecule has 0 fully saturated rings. The summed E-state index contributed by atoms with van der Waals surface area (Å²) in [5, 5.41) is 14.6. The number of fused-ring (bicyclic) bond motifs is 6. The number of pyridine rings is 1. The molecule has 4 aromatic rings. The van der Waals surface area contributed by atoms with E-state index in [0.29, 0.717) is 16.4 Å². The molecule has 10 nitrogen and oxygen atoms in total. The lowest BCUT2D eigenvalue weighted by Crippen LogP contribution is -2.48. The van der Waals surface area contributed by atoms with Crippen molar-refractivity contribution >= 4 is 50.0 Å². The number of carboxylic acid groups (broad SMARTS) is 1. The van der Waals surface area contributed by atoms with Gasteiger partial charge < -0.3 is 9.84 Å². The van der Waals surface area contributed by atoms with Crippen molar-refractivity contribution in [2.24, 2.45) is 0 Å². The highest BCUT2D eigenvalue weighted by Gasteiger charge is 2.38. The normalized spacial score (nSPS) is 22.0. The zero-order chi connectivity index (χ0) is 26.8. The first-order chi connectivity index (χ1) is 18.2. The number of aliphatic carboxylic acids is 1. The number of sulfonamides is 1. The first kappa shape index (κ1) is 25.2. The van der Waals surface area contributed by atoms with Crippen molar-refractivity contribution < 1.29 is 27.7 Å². The predicted octanol–water partition coefficient (Wildman–Crippen LogP) is 3.33. The minimum atomic E-state index is -3.96. The molecule has 0 radical (unpaired) electrons. The Balaban J connectivity index is 1.63. The second-order valence-electron chi connectivity index (χ2n) is 9.49. The first-order valence-corrected chi connectivity index (χ1v) is 14.8. The van der Waals surface area contributed by atoms with Crippen LogP contribution >= 0.6 is 22.9 Å². The number of thiophene rings is 1. The van der Waals surface area contributed by atoms with E-state index in [1.165, 1.54) is 28.0 Å². The summed E-state index contributed by atoms with van der Waals surface area (Å²) in [5.41, 5.74) is 4.18. The number of carbonyl (C=O) groups is 1. The van der Waals surface area contributed by atoms with Crippen LogP contribution in [0, 0.1) is 6.92 Å². The lowest BCUT2D eigenvalue weighted by molar-refractivity contribution is -0.738. The summed E-state index contributed by atoms with van der Waals surface area (Å²) in [6.45, 7) is 4.99. The number of benzene rings is 1. The summed E-state index contributed by atoms with van der Waals surface area (Å²) in [6, 6.07) is 7.34. The number of ether oxygens (including phenoxy) is 1. The summed E-state index contributed by atoms with van der Waals surface area (Å²) in [5.74, 6) is -1.14. The molecule has 0 aliphatic carbocycles. The fourth-order valence-electron chi connectivity index (χ4n) is 5.41. The van der Waals surface area contributed by atoms with Crippen LogP contribution in [-0.2, 0) is 34.5 Å². The molecule has 0 saturated heterocycles. The van der Waals surface area contributed by atoms with Gasteiger partial charge in [-0.1, -0.05) is 17.7 Å². The molecule has 2 aliphatic rings. The summed E-state index contributed by atoms with van der Waals surface area (Å²) >= 11 is 7.95. The SMILES string of the molecule is CCn1n[n+]2c3c(C)c(ccc31)[C@H](CC(=O)O)c1cc(c(Cl)s1)CN1C[C@@H](C2)Oc2ccncc2S1(=O)=O. The molecule has 1 unspecified atom stereocenters. The summed E-state index contributed by atoms with van der Waals surface area (Å²) in [6.07, 6.45) is 2.13. The maximum absolute atomic E-state index is 13.8. The molecule has 5 heterocycles. The second kappa shape index (κ2) is 9.30. The van der Waals surface area contributed by atoms with E-state index in [1.54, 1.807) is 6.07 Å². The minimum Gasteiger partial charge on any atom is -0.483 e. The molecular weight excluding hydrogens is 550 g/mol.